The van der Waals surface area contributed by atoms with Crippen LogP contribution in [-0.4, -0.2) is 49.1 Å². The highest BCUT2D eigenvalue weighted by molar-refractivity contribution is 6.07. The summed E-state index contributed by atoms with van der Waals surface area (Å²) in [6.45, 7) is 1.85. The molecule has 1 spiro atoms. The molecule has 0 atom stereocenters. The van der Waals surface area contributed by atoms with Crippen molar-refractivity contribution >= 4 is 11.9 Å². The number of halogens is 1. The van der Waals surface area contributed by atoms with Gasteiger partial charge in [-0.1, -0.05) is 0 Å². The summed E-state index contributed by atoms with van der Waals surface area (Å²) in [5, 5.41) is 5.06. The number of likely N-dealkylation sites (tertiary alicyclic amines) is 1. The molecule has 3 amide bonds. The molecule has 2 saturated heterocycles. The second kappa shape index (κ2) is 3.89. The zero-order valence-electron chi connectivity index (χ0n) is 8.97. The molecule has 0 unspecified atom stereocenters. The molecular weight excluding hydrogens is 309 g/mol. The van der Waals surface area contributed by atoms with Gasteiger partial charge in [-0.25, -0.2) is 4.79 Å². The van der Waals surface area contributed by atoms with E-state index in [1.807, 2.05) is 0 Å². The van der Waals surface area contributed by atoms with E-state index in [4.69, 9.17) is 0 Å². The molecule has 0 aromatic heterocycles. The normalized spacial score (nSPS) is 26.8. The number of hydrogen-bond donors (Lipinski definition) is 2. The van der Waals surface area contributed by atoms with Crippen molar-refractivity contribution in [1.29, 1.82) is 0 Å². The average Bonchev–Trinajstić information content (AvgIpc) is 2.35. The first-order chi connectivity index (χ1) is 6.44. The van der Waals surface area contributed by atoms with E-state index in [0.29, 0.717) is 0 Å². The van der Waals surface area contributed by atoms with E-state index in [1.165, 1.54) is 0 Å². The molecule has 2 aliphatic heterocycles. The van der Waals surface area contributed by atoms with E-state index in [0.717, 1.165) is 30.4 Å². The van der Waals surface area contributed by atoms with Crippen LogP contribution in [-0.2, 0) is 4.79 Å². The molecule has 2 N–H and O–H groups in total. The van der Waals surface area contributed by atoms with Gasteiger partial charge in [0.1, 0.15) is 5.54 Å². The highest BCUT2D eigenvalue weighted by atomic mass is 127. The monoisotopic (exact) mass is 325 g/mol. The fraction of sp³-hybridized carbons (Fsp3) is 0.778. The van der Waals surface area contributed by atoms with Gasteiger partial charge in [0.05, 0.1) is 27.2 Å². The van der Waals surface area contributed by atoms with Gasteiger partial charge in [-0.2, -0.15) is 0 Å². The minimum atomic E-state index is -0.606. The lowest BCUT2D eigenvalue weighted by Gasteiger charge is -2.40. The highest BCUT2D eigenvalue weighted by Crippen LogP contribution is 2.27. The Bertz CT molecular complexity index is 294. The van der Waals surface area contributed by atoms with Gasteiger partial charge in [-0.05, 0) is 0 Å². The Balaban J connectivity index is 0.00000112. The number of rotatable bonds is 0. The summed E-state index contributed by atoms with van der Waals surface area (Å²) in [4.78, 5) is 22.6. The number of carbonyl (C=O) groups excluding carboxylic acids is 2. The second-order valence-corrected chi connectivity index (χ2v) is 4.87. The summed E-state index contributed by atoms with van der Waals surface area (Å²) in [6, 6.07) is -0.345. The first-order valence-corrected chi connectivity index (χ1v) is 4.89. The molecule has 0 aromatic carbocycles. The van der Waals surface area contributed by atoms with Crippen LogP contribution in [0, 0.1) is 0 Å². The Morgan fingerprint density at radius 3 is 2.13 bits per heavy atom. The van der Waals surface area contributed by atoms with Crippen LogP contribution in [0.4, 0.5) is 4.79 Å². The summed E-state index contributed by atoms with van der Waals surface area (Å²) in [7, 11) is 4.28. The minimum Gasteiger partial charge on any atom is -1.00 e. The number of nitrogens with zero attached hydrogens (tertiary/aromatic N) is 1. The van der Waals surface area contributed by atoms with Gasteiger partial charge < -0.3 is 33.8 Å². The van der Waals surface area contributed by atoms with Crippen molar-refractivity contribution in [3.63, 3.8) is 0 Å². The molecule has 0 bridgehead atoms. The number of nitrogens with one attached hydrogen (secondary N) is 2. The van der Waals surface area contributed by atoms with E-state index in [-0.39, 0.29) is 35.9 Å². The van der Waals surface area contributed by atoms with Crippen molar-refractivity contribution in [3.05, 3.63) is 0 Å². The average molecular weight is 325 g/mol. The van der Waals surface area contributed by atoms with Gasteiger partial charge in [-0.3, -0.25) is 10.1 Å². The predicted octanol–water partition coefficient (Wildman–Crippen LogP) is -3.56. The maximum atomic E-state index is 11.6. The van der Waals surface area contributed by atoms with Crippen molar-refractivity contribution in [1.82, 2.24) is 10.6 Å². The Morgan fingerprint density at radius 1 is 1.20 bits per heavy atom. The zero-order chi connectivity index (χ0) is 10.4. The van der Waals surface area contributed by atoms with Crippen LogP contribution < -0.4 is 34.6 Å². The van der Waals surface area contributed by atoms with Crippen molar-refractivity contribution in [2.45, 2.75) is 18.4 Å². The fourth-order valence-electron chi connectivity index (χ4n) is 2.10. The lowest BCUT2D eigenvalue weighted by atomic mass is 9.87. The van der Waals surface area contributed by atoms with E-state index < -0.39 is 5.54 Å². The number of amides is 3. The minimum absolute atomic E-state index is 0. The standard InChI is InChI=1S/C9H15N3O2.HI/c1-12(2)5-3-9(4-6-12)7(13)10-8(14)11-9;/h3-6H2,1-2H3,(H-,10,11,13,14);1H. The lowest BCUT2D eigenvalue weighted by molar-refractivity contribution is -0.895. The highest BCUT2D eigenvalue weighted by Gasteiger charge is 2.50. The summed E-state index contributed by atoms with van der Waals surface area (Å²) in [5.74, 6) is -0.151. The molecule has 86 valence electrons. The molecule has 0 aromatic rings. The van der Waals surface area contributed by atoms with Crippen molar-refractivity contribution in [2.24, 2.45) is 0 Å². The first kappa shape index (κ1) is 12.7. The molecule has 6 heteroatoms. The van der Waals surface area contributed by atoms with Crippen LogP contribution >= 0.6 is 0 Å². The smallest absolute Gasteiger partial charge is 0.322 e. The van der Waals surface area contributed by atoms with Crippen molar-refractivity contribution in [2.75, 3.05) is 27.2 Å². The number of piperidine rings is 1. The van der Waals surface area contributed by atoms with E-state index >= 15 is 0 Å². The number of quaternary nitrogens is 1. The van der Waals surface area contributed by atoms with Crippen molar-refractivity contribution in [3.8, 4) is 0 Å². The van der Waals surface area contributed by atoms with Gasteiger partial charge in [0.2, 0.25) is 0 Å². The summed E-state index contributed by atoms with van der Waals surface area (Å²) >= 11 is 0. The lowest BCUT2D eigenvalue weighted by Crippen LogP contribution is -3.00. The van der Waals surface area contributed by atoms with Gasteiger partial charge in [0.15, 0.2) is 0 Å². The van der Waals surface area contributed by atoms with E-state index in [2.05, 4.69) is 24.7 Å². The quantitative estimate of drug-likeness (QED) is 0.275. The number of carbonyl (C=O) groups is 2. The summed E-state index contributed by atoms with van der Waals surface area (Å²) in [5.41, 5.74) is -0.606. The molecule has 2 aliphatic rings. The van der Waals surface area contributed by atoms with Crippen LogP contribution in [0.5, 0.6) is 0 Å². The van der Waals surface area contributed by atoms with E-state index in [9.17, 15) is 9.59 Å². The number of urea groups is 1. The molecule has 2 heterocycles. The van der Waals surface area contributed by atoms with Crippen LogP contribution in [0.2, 0.25) is 0 Å². The molecule has 0 radical (unpaired) electrons. The fourth-order valence-corrected chi connectivity index (χ4v) is 2.10. The van der Waals surface area contributed by atoms with Crippen molar-refractivity contribution < 1.29 is 38.0 Å². The molecule has 0 aliphatic carbocycles. The van der Waals surface area contributed by atoms with E-state index in [1.54, 1.807) is 0 Å². The summed E-state index contributed by atoms with van der Waals surface area (Å²) in [6.07, 6.45) is 1.47. The Labute approximate surface area is 106 Å². The second-order valence-electron chi connectivity index (χ2n) is 4.87. The van der Waals surface area contributed by atoms with Crippen LogP contribution in [0.25, 0.3) is 0 Å². The van der Waals surface area contributed by atoms with Crippen LogP contribution in [0.1, 0.15) is 12.8 Å². The maximum Gasteiger partial charge on any atom is 0.322 e. The zero-order valence-corrected chi connectivity index (χ0v) is 11.1. The topological polar surface area (TPSA) is 58.2 Å². The molecular formula is C9H16IN3O2. The SMILES string of the molecule is C[N+]1(C)CCC2(CC1)NC(=O)NC2=O.[I-]. The molecule has 15 heavy (non-hydrogen) atoms. The first-order valence-electron chi connectivity index (χ1n) is 4.89. The third-order valence-corrected chi connectivity index (χ3v) is 3.30. The molecule has 5 nitrogen and oxygen atoms in total. The largest absolute Gasteiger partial charge is 1.00 e. The van der Waals surface area contributed by atoms with Gasteiger partial charge in [0, 0.05) is 12.8 Å². The maximum absolute atomic E-state index is 11.6. The molecule has 2 rings (SSSR count). The third-order valence-electron chi connectivity index (χ3n) is 3.30. The number of hydrogen-bond acceptors (Lipinski definition) is 2. The Kier molecular flexibility index (Phi) is 3.30. The molecule has 0 saturated carbocycles. The predicted molar refractivity (Wildman–Crippen MR) is 50.5 cm³/mol. The third kappa shape index (κ3) is 2.25. The molecule has 2 fully saturated rings. The van der Waals surface area contributed by atoms with Gasteiger partial charge in [-0.15, -0.1) is 0 Å². The van der Waals surface area contributed by atoms with Gasteiger partial charge in [0.25, 0.3) is 5.91 Å². The van der Waals surface area contributed by atoms with Crippen LogP contribution in [0.3, 0.4) is 0 Å². The Morgan fingerprint density at radius 2 is 1.73 bits per heavy atom. The van der Waals surface area contributed by atoms with Crippen LogP contribution in [0.15, 0.2) is 0 Å². The Hall–Kier alpha value is -0.370. The summed E-state index contributed by atoms with van der Waals surface area (Å²) < 4.78 is 0.922. The number of imide groups is 1. The van der Waals surface area contributed by atoms with Gasteiger partial charge >= 0.3 is 6.03 Å².